The largest absolute Gasteiger partial charge is 0.506 e. The molecule has 0 aliphatic heterocycles. The van der Waals surface area contributed by atoms with Crippen molar-refractivity contribution in [3.05, 3.63) is 53.1 Å². The Morgan fingerprint density at radius 2 is 1.81 bits per heavy atom. The maximum Gasteiger partial charge on any atom is 0.175 e. The van der Waals surface area contributed by atoms with Crippen LogP contribution in [0.4, 0.5) is 11.4 Å². The van der Waals surface area contributed by atoms with Crippen molar-refractivity contribution in [2.75, 3.05) is 10.6 Å². The summed E-state index contributed by atoms with van der Waals surface area (Å²) in [4.78, 5) is 11.2. The number of nitrogens with one attached hydrogen (secondary N) is 2. The molecule has 0 heterocycles. The summed E-state index contributed by atoms with van der Waals surface area (Å²) in [5.74, 6) is 0.0570. The van der Waals surface area contributed by atoms with E-state index in [0.29, 0.717) is 21.4 Å². The summed E-state index contributed by atoms with van der Waals surface area (Å²) in [6, 6.07) is 11.6. The van der Waals surface area contributed by atoms with E-state index in [0.717, 1.165) is 5.69 Å². The normalized spacial score (nSPS) is 10.0. The Hall–Kier alpha value is -2.11. The number of Topliss-reactive ketones (excluding diaryl/α,β-unsaturated/α-hetero) is 1. The quantitative estimate of drug-likeness (QED) is 0.452. The highest BCUT2D eigenvalue weighted by molar-refractivity contribution is 7.80. The fourth-order valence-corrected chi connectivity index (χ4v) is 2.08. The monoisotopic (exact) mass is 320 g/mol. The second-order valence-corrected chi connectivity index (χ2v) is 5.22. The summed E-state index contributed by atoms with van der Waals surface area (Å²) >= 11 is 11.0. The van der Waals surface area contributed by atoms with E-state index in [9.17, 15) is 9.90 Å². The van der Waals surface area contributed by atoms with Gasteiger partial charge in [-0.15, -0.1) is 0 Å². The third-order valence-electron chi connectivity index (χ3n) is 2.76. The maximum atomic E-state index is 11.2. The van der Waals surface area contributed by atoms with E-state index < -0.39 is 0 Å². The van der Waals surface area contributed by atoms with Gasteiger partial charge in [0.05, 0.1) is 5.69 Å². The number of carbonyl (C=O) groups is 1. The number of anilines is 2. The van der Waals surface area contributed by atoms with Crippen LogP contribution in [0.15, 0.2) is 42.5 Å². The fourth-order valence-electron chi connectivity index (χ4n) is 1.68. The van der Waals surface area contributed by atoms with Gasteiger partial charge in [0.2, 0.25) is 0 Å². The molecule has 0 fully saturated rings. The molecule has 0 unspecified atom stereocenters. The molecule has 21 heavy (non-hydrogen) atoms. The van der Waals surface area contributed by atoms with E-state index in [1.807, 2.05) is 0 Å². The maximum absolute atomic E-state index is 11.2. The number of rotatable bonds is 3. The number of ketones is 1. The number of aromatic hydroxyl groups is 1. The molecule has 0 aromatic heterocycles. The van der Waals surface area contributed by atoms with Gasteiger partial charge in [-0.2, -0.15) is 0 Å². The first kappa shape index (κ1) is 15.3. The van der Waals surface area contributed by atoms with Gasteiger partial charge in [0.1, 0.15) is 5.75 Å². The summed E-state index contributed by atoms with van der Waals surface area (Å²) in [6.45, 7) is 1.51. The van der Waals surface area contributed by atoms with Crippen LogP contribution in [0.25, 0.3) is 0 Å². The molecule has 0 atom stereocenters. The first-order valence-corrected chi connectivity index (χ1v) is 6.92. The van der Waals surface area contributed by atoms with Crippen LogP contribution in [0.5, 0.6) is 5.75 Å². The number of phenolic OH excluding ortho intramolecular Hbond substituents is 1. The molecule has 0 spiro atoms. The first-order valence-electron chi connectivity index (χ1n) is 6.13. The summed E-state index contributed by atoms with van der Waals surface area (Å²) in [6.07, 6.45) is 0. The number of hydrogen-bond acceptors (Lipinski definition) is 3. The van der Waals surface area contributed by atoms with Crippen molar-refractivity contribution in [2.45, 2.75) is 6.92 Å². The van der Waals surface area contributed by atoms with E-state index in [4.69, 9.17) is 23.8 Å². The Labute approximate surface area is 132 Å². The topological polar surface area (TPSA) is 61.4 Å². The van der Waals surface area contributed by atoms with Gasteiger partial charge in [-0.3, -0.25) is 4.79 Å². The number of phenols is 1. The van der Waals surface area contributed by atoms with Crippen LogP contribution in [-0.2, 0) is 0 Å². The SMILES string of the molecule is CC(=O)c1ccc(NC(=S)Nc2cc(Cl)ccc2O)cc1. The standard InChI is InChI=1S/C15H13ClN2O2S/c1-9(19)10-2-5-12(6-3-10)17-15(21)18-13-8-11(16)4-7-14(13)20/h2-8,20H,1H3,(H2,17,18,21). The van der Waals surface area contributed by atoms with Crippen molar-refractivity contribution in [1.29, 1.82) is 0 Å². The van der Waals surface area contributed by atoms with Crippen LogP contribution in [0.2, 0.25) is 5.02 Å². The Morgan fingerprint density at radius 3 is 2.43 bits per heavy atom. The lowest BCUT2D eigenvalue weighted by molar-refractivity contribution is 0.101. The van der Waals surface area contributed by atoms with Gasteiger partial charge < -0.3 is 15.7 Å². The Morgan fingerprint density at radius 1 is 1.14 bits per heavy atom. The molecule has 2 aromatic carbocycles. The molecule has 3 N–H and O–H groups in total. The average Bonchev–Trinajstić information content (AvgIpc) is 2.43. The third-order valence-corrected chi connectivity index (χ3v) is 3.20. The average molecular weight is 321 g/mol. The lowest BCUT2D eigenvalue weighted by Gasteiger charge is -2.12. The summed E-state index contributed by atoms with van der Waals surface area (Å²) in [5, 5.41) is 16.3. The minimum atomic E-state index is 0.00565. The number of thiocarbonyl (C=S) groups is 1. The van der Waals surface area contributed by atoms with Crippen molar-refractivity contribution in [3.63, 3.8) is 0 Å². The van der Waals surface area contributed by atoms with Gasteiger partial charge in [0.15, 0.2) is 10.9 Å². The lowest BCUT2D eigenvalue weighted by Crippen LogP contribution is -2.19. The minimum absolute atomic E-state index is 0.00565. The van der Waals surface area contributed by atoms with Crippen molar-refractivity contribution in [3.8, 4) is 5.75 Å². The molecule has 0 radical (unpaired) electrons. The van der Waals surface area contributed by atoms with Crippen molar-refractivity contribution >= 4 is 46.1 Å². The second kappa shape index (κ2) is 6.56. The van der Waals surface area contributed by atoms with Gasteiger partial charge in [0, 0.05) is 16.3 Å². The van der Waals surface area contributed by atoms with Gasteiger partial charge in [-0.05, 0) is 61.6 Å². The zero-order valence-electron chi connectivity index (χ0n) is 11.2. The predicted octanol–water partition coefficient (Wildman–Crippen LogP) is 4.06. The molecule has 0 bridgehead atoms. The van der Waals surface area contributed by atoms with E-state index in [-0.39, 0.29) is 11.5 Å². The van der Waals surface area contributed by atoms with Crippen LogP contribution >= 0.6 is 23.8 Å². The smallest absolute Gasteiger partial charge is 0.175 e. The molecule has 0 amide bonds. The van der Waals surface area contributed by atoms with Gasteiger partial charge in [0.25, 0.3) is 0 Å². The number of hydrogen-bond donors (Lipinski definition) is 3. The number of carbonyl (C=O) groups excluding carboxylic acids is 1. The van der Waals surface area contributed by atoms with E-state index >= 15 is 0 Å². The van der Waals surface area contributed by atoms with Crippen LogP contribution < -0.4 is 10.6 Å². The molecule has 0 aliphatic rings. The molecule has 0 aliphatic carbocycles. The highest BCUT2D eigenvalue weighted by Crippen LogP contribution is 2.26. The molecule has 0 saturated heterocycles. The first-order chi connectivity index (χ1) is 9.95. The molecule has 2 rings (SSSR count). The van der Waals surface area contributed by atoms with Gasteiger partial charge >= 0.3 is 0 Å². The van der Waals surface area contributed by atoms with E-state index in [1.165, 1.54) is 13.0 Å². The third kappa shape index (κ3) is 4.18. The van der Waals surface area contributed by atoms with Crippen LogP contribution in [0.3, 0.4) is 0 Å². The van der Waals surface area contributed by atoms with Crippen molar-refractivity contribution < 1.29 is 9.90 Å². The Balaban J connectivity index is 2.04. The van der Waals surface area contributed by atoms with Gasteiger partial charge in [-0.1, -0.05) is 11.6 Å². The highest BCUT2D eigenvalue weighted by atomic mass is 35.5. The minimum Gasteiger partial charge on any atom is -0.506 e. The van der Waals surface area contributed by atoms with Crippen molar-refractivity contribution in [1.82, 2.24) is 0 Å². The molecule has 0 saturated carbocycles. The molecule has 108 valence electrons. The number of halogens is 1. The predicted molar refractivity (Wildman–Crippen MR) is 89.4 cm³/mol. The summed E-state index contributed by atoms with van der Waals surface area (Å²) < 4.78 is 0. The van der Waals surface area contributed by atoms with Crippen molar-refractivity contribution in [2.24, 2.45) is 0 Å². The Bertz CT molecular complexity index is 687. The summed E-state index contributed by atoms with van der Waals surface area (Å²) in [7, 11) is 0. The fraction of sp³-hybridized carbons (Fsp3) is 0.0667. The zero-order valence-corrected chi connectivity index (χ0v) is 12.8. The highest BCUT2D eigenvalue weighted by Gasteiger charge is 2.05. The molecule has 4 nitrogen and oxygen atoms in total. The van der Waals surface area contributed by atoms with Crippen LogP contribution in [-0.4, -0.2) is 16.0 Å². The van der Waals surface area contributed by atoms with Crippen LogP contribution in [0, 0.1) is 0 Å². The molecular weight excluding hydrogens is 308 g/mol. The van der Waals surface area contributed by atoms with Gasteiger partial charge in [-0.25, -0.2) is 0 Å². The summed E-state index contributed by atoms with van der Waals surface area (Å²) in [5.41, 5.74) is 1.78. The Kier molecular flexibility index (Phi) is 4.77. The van der Waals surface area contributed by atoms with E-state index in [1.54, 1.807) is 36.4 Å². The van der Waals surface area contributed by atoms with Crippen LogP contribution in [0.1, 0.15) is 17.3 Å². The zero-order chi connectivity index (χ0) is 15.4. The van der Waals surface area contributed by atoms with E-state index in [2.05, 4.69) is 10.6 Å². The molecule has 2 aromatic rings. The lowest BCUT2D eigenvalue weighted by atomic mass is 10.1. The molecule has 6 heteroatoms. The molecular formula is C15H13ClN2O2S. The number of benzene rings is 2. The second-order valence-electron chi connectivity index (χ2n) is 4.37.